The summed E-state index contributed by atoms with van der Waals surface area (Å²) in [4.78, 5) is 0. The van der Waals surface area contributed by atoms with E-state index < -0.39 is 5.41 Å². The van der Waals surface area contributed by atoms with Gasteiger partial charge in [0, 0.05) is 32.9 Å². The first-order valence-electron chi connectivity index (χ1n) is 16.9. The van der Waals surface area contributed by atoms with Gasteiger partial charge in [-0.2, -0.15) is 0 Å². The Hall–Kier alpha value is -5.86. The van der Waals surface area contributed by atoms with Crippen LogP contribution in [0.5, 0.6) is 11.5 Å². The zero-order valence-corrected chi connectivity index (χ0v) is 26.8. The normalized spacial score (nSPS) is 17.4. The van der Waals surface area contributed by atoms with E-state index in [9.17, 15) is 0 Å². The number of fused-ring (bicyclic) bond motifs is 14. The van der Waals surface area contributed by atoms with Gasteiger partial charge in [0.25, 0.3) is 0 Å². The van der Waals surface area contributed by atoms with E-state index in [1.807, 2.05) is 0 Å². The number of ether oxygens (including phenoxy) is 1. The molecule has 0 bridgehead atoms. The minimum Gasteiger partial charge on any atom is -0.456 e. The summed E-state index contributed by atoms with van der Waals surface area (Å²) in [6, 6.07) is 56.0. The summed E-state index contributed by atoms with van der Waals surface area (Å²) in [6.07, 6.45) is 0. The van der Waals surface area contributed by atoms with Gasteiger partial charge in [0.2, 0.25) is 0 Å². The molecule has 1 aromatic heterocycles. The van der Waals surface area contributed by atoms with E-state index in [-0.39, 0.29) is 5.41 Å². The molecule has 8 aromatic rings. The van der Waals surface area contributed by atoms with Gasteiger partial charge in [-0.25, -0.2) is 0 Å². The standard InChI is InChI=1S/C46H31NO/c1-45(2)34-17-5-3-13-30(34)33-27-28(25-26-35(33)45)29-15-11-21-39-44(29)48-42-24-10-7-19-37(42)46(39)36-18-6-9-23-41(36)47-40-22-8-4-14-31(40)32-16-12-20-38(46)43(32)47/h3-27H,1-2H3. The van der Waals surface area contributed by atoms with E-state index >= 15 is 0 Å². The van der Waals surface area contributed by atoms with Gasteiger partial charge in [0.15, 0.2) is 0 Å². The minimum atomic E-state index is -0.577. The van der Waals surface area contributed by atoms with Crippen molar-refractivity contribution in [2.45, 2.75) is 24.7 Å². The summed E-state index contributed by atoms with van der Waals surface area (Å²) in [7, 11) is 0. The van der Waals surface area contributed by atoms with E-state index in [1.165, 1.54) is 77.6 Å². The Morgan fingerprint density at radius 2 is 1.12 bits per heavy atom. The molecule has 0 fully saturated rings. The summed E-state index contributed by atoms with van der Waals surface area (Å²) in [6.45, 7) is 4.68. The SMILES string of the molecule is CC1(C)c2ccccc2-c2cc(-c3cccc4c3Oc3ccccc3C43c4ccccc4-n4c5ccccc5c5cccc3c54)ccc21. The lowest BCUT2D eigenvalue weighted by molar-refractivity contribution is 0.435. The van der Waals surface area contributed by atoms with Crippen LogP contribution in [0.3, 0.4) is 0 Å². The Labute approximate surface area is 279 Å². The van der Waals surface area contributed by atoms with Crippen LogP contribution in [0.4, 0.5) is 0 Å². The molecule has 0 N–H and O–H groups in total. The van der Waals surface area contributed by atoms with Gasteiger partial charge >= 0.3 is 0 Å². The first kappa shape index (κ1) is 26.2. The van der Waals surface area contributed by atoms with Gasteiger partial charge in [-0.1, -0.05) is 141 Å². The Morgan fingerprint density at radius 3 is 2.04 bits per heavy atom. The fourth-order valence-corrected chi connectivity index (χ4v) is 9.46. The van der Waals surface area contributed by atoms with Crippen molar-refractivity contribution >= 4 is 21.8 Å². The lowest BCUT2D eigenvalue weighted by Crippen LogP contribution is -2.37. The molecule has 2 nitrogen and oxygen atoms in total. The maximum atomic E-state index is 7.07. The van der Waals surface area contributed by atoms with E-state index in [4.69, 9.17) is 4.74 Å². The van der Waals surface area contributed by atoms with Crippen LogP contribution in [-0.4, -0.2) is 4.57 Å². The largest absolute Gasteiger partial charge is 0.456 e. The van der Waals surface area contributed by atoms with Gasteiger partial charge in [-0.15, -0.1) is 0 Å². The van der Waals surface area contributed by atoms with Gasteiger partial charge < -0.3 is 9.30 Å². The predicted octanol–water partition coefficient (Wildman–Crippen LogP) is 11.6. The predicted molar refractivity (Wildman–Crippen MR) is 196 cm³/mol. The first-order valence-corrected chi connectivity index (χ1v) is 16.9. The highest BCUT2D eigenvalue weighted by Gasteiger charge is 2.50. The van der Waals surface area contributed by atoms with Crippen LogP contribution < -0.4 is 4.74 Å². The fraction of sp³-hybridized carbons (Fsp3) is 0.0870. The van der Waals surface area contributed by atoms with E-state index in [0.717, 1.165) is 17.1 Å². The molecule has 1 aliphatic carbocycles. The molecule has 3 aliphatic rings. The third-order valence-electron chi connectivity index (χ3n) is 11.5. The van der Waals surface area contributed by atoms with Gasteiger partial charge in [-0.05, 0) is 63.2 Å². The second-order valence-electron chi connectivity index (χ2n) is 14.0. The smallest absolute Gasteiger partial charge is 0.140 e. The maximum Gasteiger partial charge on any atom is 0.140 e. The van der Waals surface area contributed by atoms with Crippen LogP contribution in [0.2, 0.25) is 0 Å². The van der Waals surface area contributed by atoms with Crippen LogP contribution in [0.25, 0.3) is 49.7 Å². The maximum absolute atomic E-state index is 7.07. The van der Waals surface area contributed by atoms with Crippen LogP contribution in [0, 0.1) is 0 Å². The monoisotopic (exact) mass is 613 g/mol. The van der Waals surface area contributed by atoms with Crippen LogP contribution in [-0.2, 0) is 10.8 Å². The molecular weight excluding hydrogens is 583 g/mol. The molecular formula is C46H31NO. The summed E-state index contributed by atoms with van der Waals surface area (Å²) in [5, 5.41) is 2.55. The van der Waals surface area contributed by atoms with Gasteiger partial charge in [-0.3, -0.25) is 0 Å². The lowest BCUT2D eigenvalue weighted by Gasteiger charge is -2.45. The van der Waals surface area contributed by atoms with Crippen LogP contribution in [0.1, 0.15) is 47.2 Å². The molecule has 0 amide bonds. The Kier molecular flexibility index (Phi) is 4.88. The molecule has 0 radical (unpaired) electrons. The number of rotatable bonds is 1. The molecule has 1 unspecified atom stereocenters. The zero-order valence-electron chi connectivity index (χ0n) is 26.8. The second-order valence-corrected chi connectivity index (χ2v) is 14.0. The average Bonchev–Trinajstić information content (AvgIpc) is 3.59. The van der Waals surface area contributed by atoms with Gasteiger partial charge in [0.05, 0.1) is 22.1 Å². The number of hydrogen-bond donors (Lipinski definition) is 0. The average molecular weight is 614 g/mol. The number of para-hydroxylation sites is 5. The van der Waals surface area contributed by atoms with E-state index in [2.05, 4.69) is 170 Å². The molecule has 3 heterocycles. The zero-order chi connectivity index (χ0) is 31.8. The third-order valence-corrected chi connectivity index (χ3v) is 11.5. The van der Waals surface area contributed by atoms with Crippen molar-refractivity contribution in [3.05, 3.63) is 185 Å². The van der Waals surface area contributed by atoms with Crippen LogP contribution >= 0.6 is 0 Å². The number of benzene rings is 7. The number of hydrogen-bond acceptors (Lipinski definition) is 1. The first-order chi connectivity index (χ1) is 23.6. The molecule has 2 aliphatic heterocycles. The summed E-state index contributed by atoms with van der Waals surface area (Å²) in [5.41, 5.74) is 15.7. The Morgan fingerprint density at radius 1 is 0.479 bits per heavy atom. The van der Waals surface area contributed by atoms with E-state index in [0.29, 0.717) is 0 Å². The second kappa shape index (κ2) is 8.93. The fourth-order valence-electron chi connectivity index (χ4n) is 9.46. The summed E-state index contributed by atoms with van der Waals surface area (Å²) in [5.74, 6) is 1.83. The van der Waals surface area contributed by atoms with Gasteiger partial charge in [0.1, 0.15) is 11.5 Å². The number of aromatic nitrogens is 1. The Bertz CT molecular complexity index is 2690. The quantitative estimate of drug-likeness (QED) is 0.180. The molecule has 7 aromatic carbocycles. The third kappa shape index (κ3) is 3.00. The van der Waals surface area contributed by atoms with Crippen molar-refractivity contribution in [1.82, 2.24) is 4.57 Å². The Balaban J connectivity index is 1.26. The van der Waals surface area contributed by atoms with Crippen molar-refractivity contribution in [3.63, 3.8) is 0 Å². The molecule has 2 heteroatoms. The van der Waals surface area contributed by atoms with Crippen molar-refractivity contribution in [2.24, 2.45) is 0 Å². The lowest BCUT2D eigenvalue weighted by atomic mass is 9.61. The molecule has 48 heavy (non-hydrogen) atoms. The molecule has 226 valence electrons. The molecule has 0 saturated carbocycles. The highest BCUT2D eigenvalue weighted by Crippen LogP contribution is 2.62. The summed E-state index contributed by atoms with van der Waals surface area (Å²) < 4.78 is 9.56. The molecule has 1 spiro atoms. The topological polar surface area (TPSA) is 14.2 Å². The van der Waals surface area contributed by atoms with Crippen molar-refractivity contribution in [2.75, 3.05) is 0 Å². The molecule has 1 atom stereocenters. The van der Waals surface area contributed by atoms with Crippen LogP contribution in [0.15, 0.2) is 152 Å². The number of nitrogens with zero attached hydrogens (tertiary/aromatic N) is 1. The molecule has 11 rings (SSSR count). The van der Waals surface area contributed by atoms with Crippen molar-refractivity contribution < 1.29 is 4.74 Å². The van der Waals surface area contributed by atoms with E-state index in [1.54, 1.807) is 0 Å². The summed E-state index contributed by atoms with van der Waals surface area (Å²) >= 11 is 0. The van der Waals surface area contributed by atoms with Crippen molar-refractivity contribution in [3.8, 4) is 39.4 Å². The minimum absolute atomic E-state index is 0.0387. The highest BCUT2D eigenvalue weighted by molar-refractivity contribution is 6.12. The van der Waals surface area contributed by atoms with Crippen molar-refractivity contribution in [1.29, 1.82) is 0 Å². The molecule has 0 saturated heterocycles. The highest BCUT2D eigenvalue weighted by atomic mass is 16.5.